The van der Waals surface area contributed by atoms with E-state index in [2.05, 4.69) is 17.1 Å². The number of aromatic hydroxyl groups is 2. The molecule has 0 aliphatic rings. The number of aryl methyl sites for hydroxylation is 1. The second kappa shape index (κ2) is 5.71. The van der Waals surface area contributed by atoms with Crippen molar-refractivity contribution in [3.8, 4) is 22.9 Å². The van der Waals surface area contributed by atoms with Gasteiger partial charge in [0.1, 0.15) is 0 Å². The van der Waals surface area contributed by atoms with Gasteiger partial charge >= 0.3 is 0 Å². The summed E-state index contributed by atoms with van der Waals surface area (Å²) >= 11 is 0. The molecule has 19 heavy (non-hydrogen) atoms. The number of nitrogens with two attached hydrogens (primary N) is 1. The molecule has 0 saturated carbocycles. The Balaban J connectivity index is 2.09. The summed E-state index contributed by atoms with van der Waals surface area (Å²) in [5, 5.41) is 22.5. The molecule has 1 aromatic heterocycles. The van der Waals surface area contributed by atoms with Gasteiger partial charge in [0, 0.05) is 12.0 Å². The van der Waals surface area contributed by atoms with Crippen LogP contribution in [0, 0.1) is 5.92 Å². The third kappa shape index (κ3) is 3.23. The zero-order chi connectivity index (χ0) is 13.8. The van der Waals surface area contributed by atoms with Gasteiger partial charge in [-0.25, -0.2) is 0 Å². The van der Waals surface area contributed by atoms with Crippen LogP contribution in [0.2, 0.25) is 0 Å². The molecule has 6 heteroatoms. The Labute approximate surface area is 110 Å². The van der Waals surface area contributed by atoms with Crippen molar-refractivity contribution in [2.45, 2.75) is 19.8 Å². The van der Waals surface area contributed by atoms with Gasteiger partial charge in [0.2, 0.25) is 11.7 Å². The molecule has 102 valence electrons. The first-order chi connectivity index (χ1) is 9.10. The number of aromatic nitrogens is 2. The van der Waals surface area contributed by atoms with Crippen LogP contribution in [-0.2, 0) is 6.42 Å². The molecule has 0 fully saturated rings. The van der Waals surface area contributed by atoms with Crippen LogP contribution in [0.3, 0.4) is 0 Å². The molecule has 0 spiro atoms. The average molecular weight is 263 g/mol. The maximum Gasteiger partial charge on any atom is 0.226 e. The molecule has 1 atom stereocenters. The fourth-order valence-corrected chi connectivity index (χ4v) is 1.62. The molecule has 4 N–H and O–H groups in total. The third-order valence-electron chi connectivity index (χ3n) is 2.96. The van der Waals surface area contributed by atoms with E-state index in [1.54, 1.807) is 6.07 Å². The van der Waals surface area contributed by atoms with Crippen LogP contribution in [0.4, 0.5) is 0 Å². The molecular formula is C13H17N3O3. The predicted molar refractivity (Wildman–Crippen MR) is 69.6 cm³/mol. The minimum absolute atomic E-state index is 0.177. The molecular weight excluding hydrogens is 246 g/mol. The second-order valence-electron chi connectivity index (χ2n) is 4.59. The lowest BCUT2D eigenvalue weighted by atomic mass is 10.1. The van der Waals surface area contributed by atoms with Gasteiger partial charge in [-0.3, -0.25) is 0 Å². The van der Waals surface area contributed by atoms with E-state index in [9.17, 15) is 10.2 Å². The fraction of sp³-hybridized carbons (Fsp3) is 0.385. The second-order valence-corrected chi connectivity index (χ2v) is 4.59. The zero-order valence-corrected chi connectivity index (χ0v) is 10.7. The first-order valence-corrected chi connectivity index (χ1v) is 6.15. The molecule has 2 rings (SSSR count). The lowest BCUT2D eigenvalue weighted by Crippen LogP contribution is -2.11. The van der Waals surface area contributed by atoms with Gasteiger partial charge in [-0.05, 0) is 37.1 Å². The summed E-state index contributed by atoms with van der Waals surface area (Å²) in [5.74, 6) is 0.964. The average Bonchev–Trinajstić information content (AvgIpc) is 2.88. The van der Waals surface area contributed by atoms with E-state index >= 15 is 0 Å². The fourth-order valence-electron chi connectivity index (χ4n) is 1.62. The van der Waals surface area contributed by atoms with Crippen molar-refractivity contribution in [2.24, 2.45) is 11.7 Å². The summed E-state index contributed by atoms with van der Waals surface area (Å²) in [5.41, 5.74) is 6.14. The Bertz CT molecular complexity index is 554. The molecule has 0 saturated heterocycles. The van der Waals surface area contributed by atoms with Crippen LogP contribution in [0.1, 0.15) is 19.2 Å². The SMILES string of the molecule is CC(CN)CCc1nc(-c2ccc(O)c(O)c2)no1. The lowest BCUT2D eigenvalue weighted by molar-refractivity contribution is 0.366. The first kappa shape index (κ1) is 13.4. The number of rotatable bonds is 5. The van der Waals surface area contributed by atoms with Crippen molar-refractivity contribution >= 4 is 0 Å². The molecule has 0 amide bonds. The van der Waals surface area contributed by atoms with Gasteiger partial charge in [-0.2, -0.15) is 4.98 Å². The van der Waals surface area contributed by atoms with Crippen LogP contribution in [0.5, 0.6) is 11.5 Å². The standard InChI is InChI=1S/C13H17N3O3/c1-8(7-14)2-5-12-15-13(16-19-12)9-3-4-10(17)11(18)6-9/h3-4,6,8,17-18H,2,5,7,14H2,1H3. The molecule has 1 aromatic carbocycles. The summed E-state index contributed by atoms with van der Waals surface area (Å²) in [7, 11) is 0. The van der Waals surface area contributed by atoms with Gasteiger partial charge in [0.25, 0.3) is 0 Å². The number of phenolic OH excluding ortho intramolecular Hbond substituents is 2. The van der Waals surface area contributed by atoms with Gasteiger partial charge < -0.3 is 20.5 Å². The Morgan fingerprint density at radius 1 is 1.32 bits per heavy atom. The summed E-state index contributed by atoms with van der Waals surface area (Å²) in [4.78, 5) is 4.25. The van der Waals surface area contributed by atoms with E-state index in [1.807, 2.05) is 0 Å². The van der Waals surface area contributed by atoms with Crippen molar-refractivity contribution < 1.29 is 14.7 Å². The normalized spacial score (nSPS) is 12.5. The lowest BCUT2D eigenvalue weighted by Gasteiger charge is -2.03. The van der Waals surface area contributed by atoms with Crippen LogP contribution >= 0.6 is 0 Å². The highest BCUT2D eigenvalue weighted by atomic mass is 16.5. The van der Waals surface area contributed by atoms with Gasteiger partial charge in [0.05, 0.1) is 0 Å². The Morgan fingerprint density at radius 2 is 2.11 bits per heavy atom. The Hall–Kier alpha value is -2.08. The Kier molecular flexibility index (Phi) is 4.01. The van der Waals surface area contributed by atoms with E-state index in [0.717, 1.165) is 6.42 Å². The number of nitrogens with zero attached hydrogens (tertiary/aromatic N) is 2. The number of hydrogen-bond donors (Lipinski definition) is 3. The summed E-state index contributed by atoms with van der Waals surface area (Å²) < 4.78 is 5.14. The van der Waals surface area contributed by atoms with Crippen molar-refractivity contribution in [1.82, 2.24) is 10.1 Å². The predicted octanol–water partition coefficient (Wildman–Crippen LogP) is 1.68. The maximum atomic E-state index is 9.43. The highest BCUT2D eigenvalue weighted by Gasteiger charge is 2.11. The highest BCUT2D eigenvalue weighted by molar-refractivity contribution is 5.59. The highest BCUT2D eigenvalue weighted by Crippen LogP contribution is 2.29. The van der Waals surface area contributed by atoms with Crippen LogP contribution < -0.4 is 5.73 Å². The third-order valence-corrected chi connectivity index (χ3v) is 2.96. The van der Waals surface area contributed by atoms with Crippen molar-refractivity contribution in [3.05, 3.63) is 24.1 Å². The van der Waals surface area contributed by atoms with E-state index < -0.39 is 0 Å². The van der Waals surface area contributed by atoms with Crippen molar-refractivity contribution in [1.29, 1.82) is 0 Å². The molecule has 1 unspecified atom stereocenters. The van der Waals surface area contributed by atoms with E-state index in [1.165, 1.54) is 12.1 Å². The monoisotopic (exact) mass is 263 g/mol. The quantitative estimate of drug-likeness (QED) is 0.709. The van der Waals surface area contributed by atoms with Crippen LogP contribution in [0.25, 0.3) is 11.4 Å². The Morgan fingerprint density at radius 3 is 2.79 bits per heavy atom. The summed E-state index contributed by atoms with van der Waals surface area (Å²) in [6, 6.07) is 4.40. The largest absolute Gasteiger partial charge is 0.504 e. The number of hydrogen-bond acceptors (Lipinski definition) is 6. The molecule has 0 aliphatic heterocycles. The van der Waals surface area contributed by atoms with Crippen LogP contribution in [-0.4, -0.2) is 26.9 Å². The van der Waals surface area contributed by atoms with Gasteiger partial charge in [-0.1, -0.05) is 12.1 Å². The summed E-state index contributed by atoms with van der Waals surface area (Å²) in [6.07, 6.45) is 1.56. The molecule has 1 heterocycles. The van der Waals surface area contributed by atoms with Gasteiger partial charge in [-0.15, -0.1) is 0 Å². The molecule has 2 aromatic rings. The summed E-state index contributed by atoms with van der Waals surface area (Å²) in [6.45, 7) is 2.70. The molecule has 0 bridgehead atoms. The van der Waals surface area contributed by atoms with Crippen molar-refractivity contribution in [3.63, 3.8) is 0 Å². The molecule has 0 radical (unpaired) electrons. The number of phenols is 2. The van der Waals surface area contributed by atoms with E-state index in [4.69, 9.17) is 10.3 Å². The molecule has 6 nitrogen and oxygen atoms in total. The van der Waals surface area contributed by atoms with Crippen LogP contribution in [0.15, 0.2) is 22.7 Å². The van der Waals surface area contributed by atoms with E-state index in [0.29, 0.717) is 36.2 Å². The topological polar surface area (TPSA) is 105 Å². The minimum atomic E-state index is -0.208. The minimum Gasteiger partial charge on any atom is -0.504 e. The number of benzene rings is 1. The zero-order valence-electron chi connectivity index (χ0n) is 10.7. The van der Waals surface area contributed by atoms with Crippen molar-refractivity contribution in [2.75, 3.05) is 6.54 Å². The first-order valence-electron chi connectivity index (χ1n) is 6.15. The maximum absolute atomic E-state index is 9.43. The van der Waals surface area contributed by atoms with Gasteiger partial charge in [0.15, 0.2) is 11.5 Å². The molecule has 0 aliphatic carbocycles. The smallest absolute Gasteiger partial charge is 0.226 e. The van der Waals surface area contributed by atoms with E-state index in [-0.39, 0.29) is 11.5 Å².